The third-order valence-corrected chi connectivity index (χ3v) is 5.76. The van der Waals surface area contributed by atoms with Gasteiger partial charge in [-0.05, 0) is 68.0 Å². The number of amides is 1. The molecule has 4 rings (SSSR count). The number of aryl methyl sites for hydroxylation is 1. The van der Waals surface area contributed by atoms with E-state index >= 15 is 0 Å². The summed E-state index contributed by atoms with van der Waals surface area (Å²) in [6.45, 7) is 3.88. The van der Waals surface area contributed by atoms with Crippen molar-refractivity contribution >= 4 is 34.0 Å². The molecule has 1 N–H and O–H groups in total. The predicted molar refractivity (Wildman–Crippen MR) is 123 cm³/mol. The van der Waals surface area contributed by atoms with Gasteiger partial charge in [-0.25, -0.2) is 4.39 Å². The van der Waals surface area contributed by atoms with Crippen LogP contribution >= 0.6 is 11.3 Å². The summed E-state index contributed by atoms with van der Waals surface area (Å²) in [5.74, 6) is -0.590. The Morgan fingerprint density at radius 3 is 2.53 bits per heavy atom. The molecule has 0 spiro atoms. The lowest BCUT2D eigenvalue weighted by Gasteiger charge is -2.09. The summed E-state index contributed by atoms with van der Waals surface area (Å²) < 4.78 is 15.3. The van der Waals surface area contributed by atoms with Gasteiger partial charge in [0.15, 0.2) is 5.01 Å². The van der Waals surface area contributed by atoms with Crippen LogP contribution in [0, 0.1) is 31.0 Å². The number of halogens is 1. The van der Waals surface area contributed by atoms with E-state index in [1.807, 2.05) is 30.5 Å². The second-order valence-electron chi connectivity index (χ2n) is 7.04. The van der Waals surface area contributed by atoms with Crippen molar-refractivity contribution in [3.63, 3.8) is 0 Å². The fourth-order valence-electron chi connectivity index (χ4n) is 3.36. The summed E-state index contributed by atoms with van der Waals surface area (Å²) in [7, 11) is 0. The Kier molecular flexibility index (Phi) is 5.92. The van der Waals surface area contributed by atoms with E-state index in [-0.39, 0.29) is 11.7 Å². The summed E-state index contributed by atoms with van der Waals surface area (Å²) in [5.41, 5.74) is 4.38. The van der Waals surface area contributed by atoms with Crippen LogP contribution in [-0.2, 0) is 0 Å². The van der Waals surface area contributed by atoms with Crippen LogP contribution in [0.25, 0.3) is 17.3 Å². The fourth-order valence-corrected chi connectivity index (χ4v) is 4.06. The maximum absolute atomic E-state index is 13.3. The highest BCUT2D eigenvalue weighted by Crippen LogP contribution is 2.28. The Balaban J connectivity index is 1.61. The number of nitriles is 1. The molecular formula is C24H18FN5OS. The minimum atomic E-state index is -0.297. The van der Waals surface area contributed by atoms with Gasteiger partial charge in [-0.1, -0.05) is 29.5 Å². The zero-order valence-corrected chi connectivity index (χ0v) is 18.2. The Labute approximate surface area is 188 Å². The molecule has 0 radical (unpaired) electrons. The Morgan fingerprint density at radius 2 is 1.84 bits per heavy atom. The van der Waals surface area contributed by atoms with Gasteiger partial charge in [0, 0.05) is 22.6 Å². The first-order chi connectivity index (χ1) is 15.5. The molecule has 0 saturated heterocycles. The molecule has 1 amide bonds. The van der Waals surface area contributed by atoms with Crippen molar-refractivity contribution in [3.8, 4) is 11.8 Å². The third-order valence-electron chi connectivity index (χ3n) is 4.89. The quantitative estimate of drug-likeness (QED) is 0.419. The van der Waals surface area contributed by atoms with E-state index in [2.05, 4.69) is 21.6 Å². The number of anilines is 1. The van der Waals surface area contributed by atoms with Crippen molar-refractivity contribution in [1.29, 1.82) is 5.26 Å². The van der Waals surface area contributed by atoms with Gasteiger partial charge in [-0.2, -0.15) is 5.26 Å². The molecule has 4 aromatic rings. The number of hydrogen-bond donors (Lipinski definition) is 1. The number of rotatable bonds is 5. The van der Waals surface area contributed by atoms with E-state index < -0.39 is 0 Å². The second-order valence-corrected chi connectivity index (χ2v) is 8.02. The van der Waals surface area contributed by atoms with E-state index in [1.165, 1.54) is 12.1 Å². The lowest BCUT2D eigenvalue weighted by atomic mass is 10.1. The monoisotopic (exact) mass is 443 g/mol. The van der Waals surface area contributed by atoms with Gasteiger partial charge in [0.25, 0.3) is 5.91 Å². The summed E-state index contributed by atoms with van der Waals surface area (Å²) in [5, 5.41) is 21.2. The van der Waals surface area contributed by atoms with Gasteiger partial charge < -0.3 is 4.57 Å². The molecule has 8 heteroatoms. The highest BCUT2D eigenvalue weighted by molar-refractivity contribution is 7.16. The maximum Gasteiger partial charge on any atom is 0.257 e. The van der Waals surface area contributed by atoms with Crippen molar-refractivity contribution < 1.29 is 9.18 Å². The van der Waals surface area contributed by atoms with Gasteiger partial charge in [0.2, 0.25) is 5.13 Å². The first kappa shape index (κ1) is 21.2. The van der Waals surface area contributed by atoms with Crippen LogP contribution in [0.4, 0.5) is 9.52 Å². The van der Waals surface area contributed by atoms with Gasteiger partial charge in [0.1, 0.15) is 11.9 Å². The van der Waals surface area contributed by atoms with Crippen LogP contribution in [-0.4, -0.2) is 20.7 Å². The highest BCUT2D eigenvalue weighted by Gasteiger charge is 2.15. The normalized spacial score (nSPS) is 11.2. The number of allylic oxidation sites excluding steroid dienone is 1. The third kappa shape index (κ3) is 4.33. The van der Waals surface area contributed by atoms with E-state index in [4.69, 9.17) is 0 Å². The van der Waals surface area contributed by atoms with E-state index in [9.17, 15) is 14.4 Å². The molecule has 0 aliphatic rings. The largest absolute Gasteiger partial charge is 0.318 e. The van der Waals surface area contributed by atoms with Crippen molar-refractivity contribution in [3.05, 3.63) is 94.0 Å². The molecule has 0 aliphatic carbocycles. The maximum atomic E-state index is 13.3. The molecule has 2 aromatic heterocycles. The summed E-state index contributed by atoms with van der Waals surface area (Å²) >= 11 is 1.13. The molecule has 0 aliphatic heterocycles. The molecule has 6 nitrogen and oxygen atoms in total. The first-order valence-electron chi connectivity index (χ1n) is 9.73. The number of benzene rings is 2. The first-order valence-corrected chi connectivity index (χ1v) is 10.5. The van der Waals surface area contributed by atoms with Crippen LogP contribution in [0.2, 0.25) is 0 Å². The van der Waals surface area contributed by atoms with Crippen LogP contribution in [0.5, 0.6) is 0 Å². The molecule has 0 fully saturated rings. The van der Waals surface area contributed by atoms with Crippen LogP contribution < -0.4 is 5.32 Å². The topological polar surface area (TPSA) is 83.6 Å². The predicted octanol–water partition coefficient (Wildman–Crippen LogP) is 5.40. The summed E-state index contributed by atoms with van der Waals surface area (Å²) in [6.07, 6.45) is 1.74. The fraction of sp³-hybridized carbons (Fsp3) is 0.0833. The number of nitrogens with zero attached hydrogens (tertiary/aromatic N) is 4. The molecule has 0 bridgehead atoms. The Hall–Kier alpha value is -4.09. The van der Waals surface area contributed by atoms with E-state index in [0.717, 1.165) is 34.0 Å². The molecule has 32 heavy (non-hydrogen) atoms. The SMILES string of the molecule is Cc1cc(C=C(C#N)c2nnc(NC(=O)c3ccccc3)s2)c(C)n1-c1ccc(F)cc1. The zero-order chi connectivity index (χ0) is 22.7. The van der Waals surface area contributed by atoms with Gasteiger partial charge >= 0.3 is 0 Å². The molecule has 0 saturated carbocycles. The minimum absolute atomic E-state index is 0.293. The van der Waals surface area contributed by atoms with Gasteiger partial charge in [-0.15, -0.1) is 10.2 Å². The lowest BCUT2D eigenvalue weighted by Crippen LogP contribution is -2.11. The second kappa shape index (κ2) is 8.96. The van der Waals surface area contributed by atoms with Gasteiger partial charge in [-0.3, -0.25) is 10.1 Å². The summed E-state index contributed by atoms with van der Waals surface area (Å²) in [6, 6.07) is 19.2. The Morgan fingerprint density at radius 1 is 1.12 bits per heavy atom. The summed E-state index contributed by atoms with van der Waals surface area (Å²) in [4.78, 5) is 12.3. The number of nitrogens with one attached hydrogen (secondary N) is 1. The number of carbonyl (C=O) groups is 1. The number of hydrogen-bond acceptors (Lipinski definition) is 5. The van der Waals surface area contributed by atoms with Crippen LogP contribution in [0.15, 0.2) is 60.7 Å². The van der Waals surface area contributed by atoms with E-state index in [1.54, 1.807) is 42.5 Å². The molecular weight excluding hydrogens is 425 g/mol. The van der Waals surface area contributed by atoms with Crippen LogP contribution in [0.3, 0.4) is 0 Å². The zero-order valence-electron chi connectivity index (χ0n) is 17.3. The number of aromatic nitrogens is 3. The van der Waals surface area contributed by atoms with E-state index in [0.29, 0.717) is 21.3 Å². The van der Waals surface area contributed by atoms with Crippen molar-refractivity contribution in [2.24, 2.45) is 0 Å². The molecule has 158 valence electrons. The number of carbonyl (C=O) groups excluding carboxylic acids is 1. The average Bonchev–Trinajstić information content (AvgIpc) is 3.37. The molecule has 0 unspecified atom stereocenters. The highest BCUT2D eigenvalue weighted by atomic mass is 32.1. The molecule has 2 aromatic carbocycles. The minimum Gasteiger partial charge on any atom is -0.318 e. The average molecular weight is 444 g/mol. The lowest BCUT2D eigenvalue weighted by molar-refractivity contribution is 0.102. The van der Waals surface area contributed by atoms with Crippen LogP contribution in [0.1, 0.15) is 32.3 Å². The standard InChI is InChI=1S/C24H18FN5OS/c1-15-12-18(16(2)30(15)21-10-8-20(25)9-11-21)13-19(14-26)23-28-29-24(32-23)27-22(31)17-6-4-3-5-7-17/h3-13H,1-2H3,(H,27,29,31). The Bertz CT molecular complexity index is 1350. The molecule has 0 atom stereocenters. The van der Waals surface area contributed by atoms with Crippen molar-refractivity contribution in [2.75, 3.05) is 5.32 Å². The van der Waals surface area contributed by atoms with Crippen molar-refractivity contribution in [2.45, 2.75) is 13.8 Å². The smallest absolute Gasteiger partial charge is 0.257 e. The van der Waals surface area contributed by atoms with Gasteiger partial charge in [0.05, 0.1) is 5.57 Å². The molecule has 2 heterocycles. The van der Waals surface area contributed by atoms with Crippen molar-refractivity contribution in [1.82, 2.24) is 14.8 Å².